The van der Waals surface area contributed by atoms with Crippen LogP contribution in [-0.4, -0.2) is 16.8 Å². The number of carboxylic acids is 1. The molecule has 20 heavy (non-hydrogen) atoms. The molecule has 1 aliphatic rings. The number of benzene rings is 1. The molecule has 0 unspecified atom stereocenters. The van der Waals surface area contributed by atoms with E-state index in [0.717, 1.165) is 30.7 Å². The lowest BCUT2D eigenvalue weighted by Crippen LogP contribution is -2.12. The molecule has 0 saturated heterocycles. The minimum Gasteiger partial charge on any atom is -0.481 e. The molecular formula is C13H12BrF3O2S. The molecule has 1 fully saturated rings. The Morgan fingerprint density at radius 3 is 2.55 bits per heavy atom. The molecular weight excluding hydrogens is 357 g/mol. The highest BCUT2D eigenvalue weighted by Gasteiger charge is 2.44. The number of hydrogen-bond acceptors (Lipinski definition) is 2. The monoisotopic (exact) mass is 368 g/mol. The zero-order chi connectivity index (χ0) is 15.0. The predicted octanol–water partition coefficient (Wildman–Crippen LogP) is 4.81. The summed E-state index contributed by atoms with van der Waals surface area (Å²) in [6.07, 6.45) is -2.84. The van der Waals surface area contributed by atoms with Gasteiger partial charge < -0.3 is 5.11 Å². The second-order valence-corrected chi connectivity index (χ2v) is 6.93. The van der Waals surface area contributed by atoms with Crippen LogP contribution in [0.4, 0.5) is 13.2 Å². The maximum atomic E-state index is 12.9. The molecule has 1 aromatic carbocycles. The second-order valence-electron chi connectivity index (χ2n) is 5.00. The van der Waals surface area contributed by atoms with Crippen molar-refractivity contribution in [2.45, 2.75) is 30.3 Å². The van der Waals surface area contributed by atoms with E-state index in [1.165, 1.54) is 12.1 Å². The first-order valence-corrected chi connectivity index (χ1v) is 7.71. The van der Waals surface area contributed by atoms with Crippen LogP contribution in [0, 0.1) is 5.41 Å². The second kappa shape index (κ2) is 5.60. The summed E-state index contributed by atoms with van der Waals surface area (Å²) in [7, 11) is 0. The van der Waals surface area contributed by atoms with E-state index in [9.17, 15) is 18.0 Å². The number of carboxylic acid groups (broad SMARTS) is 1. The number of aliphatic carboxylic acids is 1. The van der Waals surface area contributed by atoms with Gasteiger partial charge >= 0.3 is 12.1 Å². The molecule has 2 nitrogen and oxygen atoms in total. The lowest BCUT2D eigenvalue weighted by Gasteiger charge is -2.16. The van der Waals surface area contributed by atoms with Gasteiger partial charge in [0.2, 0.25) is 0 Å². The van der Waals surface area contributed by atoms with Gasteiger partial charge in [-0.25, -0.2) is 0 Å². The normalized spacial score (nSPS) is 17.0. The van der Waals surface area contributed by atoms with Crippen LogP contribution >= 0.6 is 27.7 Å². The Morgan fingerprint density at radius 1 is 1.40 bits per heavy atom. The van der Waals surface area contributed by atoms with Gasteiger partial charge in [0, 0.05) is 15.1 Å². The summed E-state index contributed by atoms with van der Waals surface area (Å²) in [5.41, 5.74) is -1.00. The van der Waals surface area contributed by atoms with Gasteiger partial charge in [0.15, 0.2) is 0 Å². The summed E-state index contributed by atoms with van der Waals surface area (Å²) in [6.45, 7) is 0. The number of hydrogen-bond donors (Lipinski definition) is 1. The van der Waals surface area contributed by atoms with Gasteiger partial charge in [0.25, 0.3) is 0 Å². The van der Waals surface area contributed by atoms with Crippen LogP contribution < -0.4 is 0 Å². The van der Waals surface area contributed by atoms with Gasteiger partial charge in [-0.1, -0.05) is 15.9 Å². The standard InChI is InChI=1S/C13H12BrF3O2S/c14-8-1-2-9(13(15,16)17)10(5-8)20-7-12(3-4-12)6-11(18)19/h1-2,5H,3-4,6-7H2,(H,18,19). The van der Waals surface area contributed by atoms with E-state index < -0.39 is 17.7 Å². The Bertz CT molecular complexity index is 527. The molecule has 0 aliphatic heterocycles. The van der Waals surface area contributed by atoms with Gasteiger partial charge in [-0.3, -0.25) is 4.79 Å². The van der Waals surface area contributed by atoms with E-state index >= 15 is 0 Å². The third kappa shape index (κ3) is 3.91. The molecule has 0 radical (unpaired) electrons. The van der Waals surface area contributed by atoms with Crippen molar-refractivity contribution in [1.82, 2.24) is 0 Å². The van der Waals surface area contributed by atoms with E-state index in [1.807, 2.05) is 0 Å². The molecule has 1 aromatic rings. The Hall–Kier alpha value is -0.690. The molecule has 0 aromatic heterocycles. The quantitative estimate of drug-likeness (QED) is 0.757. The largest absolute Gasteiger partial charge is 0.481 e. The molecule has 0 heterocycles. The Labute approximate surface area is 126 Å². The number of thioether (sulfide) groups is 1. The highest BCUT2D eigenvalue weighted by atomic mass is 79.9. The Kier molecular flexibility index (Phi) is 4.39. The molecule has 1 N–H and O–H groups in total. The number of alkyl halides is 3. The van der Waals surface area contributed by atoms with Gasteiger partial charge in [0.05, 0.1) is 12.0 Å². The Morgan fingerprint density at radius 2 is 2.05 bits per heavy atom. The van der Waals surface area contributed by atoms with E-state index in [1.54, 1.807) is 0 Å². The van der Waals surface area contributed by atoms with Crippen LogP contribution in [-0.2, 0) is 11.0 Å². The van der Waals surface area contributed by atoms with Crippen molar-refractivity contribution >= 4 is 33.7 Å². The van der Waals surface area contributed by atoms with Crippen LogP contribution in [0.25, 0.3) is 0 Å². The summed E-state index contributed by atoms with van der Waals surface area (Å²) >= 11 is 4.25. The summed E-state index contributed by atoms with van der Waals surface area (Å²) in [5, 5.41) is 8.82. The average molecular weight is 369 g/mol. The van der Waals surface area contributed by atoms with Crippen molar-refractivity contribution in [3.63, 3.8) is 0 Å². The molecule has 0 atom stereocenters. The van der Waals surface area contributed by atoms with E-state index in [4.69, 9.17) is 5.11 Å². The zero-order valence-corrected chi connectivity index (χ0v) is 12.7. The third-order valence-electron chi connectivity index (χ3n) is 3.27. The van der Waals surface area contributed by atoms with Crippen molar-refractivity contribution in [3.8, 4) is 0 Å². The van der Waals surface area contributed by atoms with Crippen molar-refractivity contribution in [1.29, 1.82) is 0 Å². The Balaban J connectivity index is 2.13. The minimum absolute atomic E-state index is 0.0232. The SMILES string of the molecule is O=C(O)CC1(CSc2cc(Br)ccc2C(F)(F)F)CC1. The van der Waals surface area contributed by atoms with Crippen molar-refractivity contribution in [2.24, 2.45) is 5.41 Å². The fraction of sp³-hybridized carbons (Fsp3) is 0.462. The van der Waals surface area contributed by atoms with Gasteiger partial charge in [-0.15, -0.1) is 11.8 Å². The molecule has 0 amide bonds. The lowest BCUT2D eigenvalue weighted by molar-refractivity contribution is -0.140. The average Bonchev–Trinajstić information content (AvgIpc) is 3.04. The maximum absolute atomic E-state index is 12.9. The van der Waals surface area contributed by atoms with Crippen LogP contribution in [0.2, 0.25) is 0 Å². The molecule has 0 spiro atoms. The fourth-order valence-electron chi connectivity index (χ4n) is 1.95. The fourth-order valence-corrected chi connectivity index (χ4v) is 3.86. The number of rotatable bonds is 5. The minimum atomic E-state index is -4.40. The summed E-state index contributed by atoms with van der Waals surface area (Å²) in [6, 6.07) is 3.84. The number of halogens is 4. The van der Waals surface area contributed by atoms with Crippen molar-refractivity contribution in [2.75, 3.05) is 5.75 Å². The maximum Gasteiger partial charge on any atom is 0.417 e. The first-order chi connectivity index (χ1) is 9.22. The highest BCUT2D eigenvalue weighted by Crippen LogP contribution is 2.52. The topological polar surface area (TPSA) is 37.3 Å². The third-order valence-corrected chi connectivity index (χ3v) is 5.16. The molecule has 1 aliphatic carbocycles. The smallest absolute Gasteiger partial charge is 0.417 e. The first kappa shape index (κ1) is 15.7. The molecule has 0 bridgehead atoms. The molecule has 110 valence electrons. The zero-order valence-electron chi connectivity index (χ0n) is 10.3. The number of carbonyl (C=O) groups is 1. The van der Waals surface area contributed by atoms with Crippen LogP contribution in [0.15, 0.2) is 27.6 Å². The lowest BCUT2D eigenvalue weighted by atomic mass is 10.1. The van der Waals surface area contributed by atoms with Crippen molar-refractivity contribution in [3.05, 3.63) is 28.2 Å². The molecule has 1 saturated carbocycles. The summed E-state index contributed by atoms with van der Waals surface area (Å²) in [4.78, 5) is 10.9. The van der Waals surface area contributed by atoms with Crippen LogP contribution in [0.1, 0.15) is 24.8 Å². The van der Waals surface area contributed by atoms with Gasteiger partial charge in [-0.05, 0) is 36.5 Å². The van der Waals surface area contributed by atoms with Gasteiger partial charge in [-0.2, -0.15) is 13.2 Å². The van der Waals surface area contributed by atoms with Gasteiger partial charge in [0.1, 0.15) is 0 Å². The van der Waals surface area contributed by atoms with Crippen molar-refractivity contribution < 1.29 is 23.1 Å². The highest BCUT2D eigenvalue weighted by molar-refractivity contribution is 9.10. The predicted molar refractivity (Wildman–Crippen MR) is 73.8 cm³/mol. The van der Waals surface area contributed by atoms with Crippen LogP contribution in [0.5, 0.6) is 0 Å². The van der Waals surface area contributed by atoms with E-state index in [2.05, 4.69) is 15.9 Å². The molecule has 7 heteroatoms. The van der Waals surface area contributed by atoms with Crippen LogP contribution in [0.3, 0.4) is 0 Å². The summed E-state index contributed by atoms with van der Waals surface area (Å²) < 4.78 is 39.3. The first-order valence-electron chi connectivity index (χ1n) is 5.93. The van der Waals surface area contributed by atoms with E-state index in [-0.39, 0.29) is 16.7 Å². The molecule has 2 rings (SSSR count). The van der Waals surface area contributed by atoms with E-state index in [0.29, 0.717) is 10.2 Å². The summed E-state index contributed by atoms with van der Waals surface area (Å²) in [5.74, 6) is -0.493.